The van der Waals surface area contributed by atoms with Crippen LogP contribution in [0.25, 0.3) is 0 Å². The Labute approximate surface area is 95.0 Å². The average molecular weight is 222 g/mol. The van der Waals surface area contributed by atoms with E-state index in [2.05, 4.69) is 20.6 Å². The van der Waals surface area contributed by atoms with Crippen LogP contribution in [0.3, 0.4) is 0 Å². The van der Waals surface area contributed by atoms with Crippen LogP contribution in [0.15, 0.2) is 12.4 Å². The minimum absolute atomic E-state index is 0.144. The van der Waals surface area contributed by atoms with Gasteiger partial charge in [-0.05, 0) is 19.4 Å². The van der Waals surface area contributed by atoms with Crippen LogP contribution in [0.2, 0.25) is 0 Å². The number of H-pyrrole nitrogens is 1. The van der Waals surface area contributed by atoms with Crippen molar-refractivity contribution in [2.45, 2.75) is 19.3 Å². The third kappa shape index (κ3) is 3.06. The van der Waals surface area contributed by atoms with Gasteiger partial charge in [0.25, 0.3) is 0 Å². The van der Waals surface area contributed by atoms with E-state index in [1.807, 2.05) is 0 Å². The SMILES string of the molecule is O=C(NCCc1ncc[nH]1)C1CCCNC1. The molecule has 0 radical (unpaired) electrons. The first kappa shape index (κ1) is 11.1. The van der Waals surface area contributed by atoms with Gasteiger partial charge in [-0.15, -0.1) is 0 Å². The molecule has 1 saturated heterocycles. The number of nitrogens with one attached hydrogen (secondary N) is 3. The molecule has 2 rings (SSSR count). The van der Waals surface area contributed by atoms with Crippen LogP contribution in [0, 0.1) is 5.92 Å². The first-order valence-electron chi connectivity index (χ1n) is 5.83. The van der Waals surface area contributed by atoms with Crippen LogP contribution in [-0.2, 0) is 11.2 Å². The van der Waals surface area contributed by atoms with Crippen molar-refractivity contribution in [2.75, 3.05) is 19.6 Å². The molecule has 5 nitrogen and oxygen atoms in total. The van der Waals surface area contributed by atoms with E-state index in [9.17, 15) is 4.79 Å². The Morgan fingerprint density at radius 3 is 3.25 bits per heavy atom. The topological polar surface area (TPSA) is 69.8 Å². The van der Waals surface area contributed by atoms with Gasteiger partial charge in [0.15, 0.2) is 0 Å². The number of carbonyl (C=O) groups is 1. The molecule has 1 fully saturated rings. The van der Waals surface area contributed by atoms with Crippen molar-refractivity contribution in [2.24, 2.45) is 5.92 Å². The Bertz CT molecular complexity index is 317. The van der Waals surface area contributed by atoms with Crippen molar-refractivity contribution in [1.29, 1.82) is 0 Å². The molecule has 5 heteroatoms. The summed E-state index contributed by atoms with van der Waals surface area (Å²) in [5, 5.41) is 6.19. The van der Waals surface area contributed by atoms with E-state index < -0.39 is 0 Å². The smallest absolute Gasteiger partial charge is 0.224 e. The number of amides is 1. The maximum atomic E-state index is 11.7. The summed E-state index contributed by atoms with van der Waals surface area (Å²) < 4.78 is 0. The summed E-state index contributed by atoms with van der Waals surface area (Å²) in [4.78, 5) is 18.9. The highest BCUT2D eigenvalue weighted by atomic mass is 16.1. The van der Waals surface area contributed by atoms with Crippen LogP contribution in [0.1, 0.15) is 18.7 Å². The number of rotatable bonds is 4. The maximum Gasteiger partial charge on any atom is 0.224 e. The van der Waals surface area contributed by atoms with E-state index >= 15 is 0 Å². The average Bonchev–Trinajstić information content (AvgIpc) is 2.83. The summed E-state index contributed by atoms with van der Waals surface area (Å²) in [5.74, 6) is 1.23. The molecule has 88 valence electrons. The molecule has 1 aliphatic rings. The Morgan fingerprint density at radius 2 is 2.56 bits per heavy atom. The summed E-state index contributed by atoms with van der Waals surface area (Å²) in [6.45, 7) is 2.51. The van der Waals surface area contributed by atoms with Gasteiger partial charge in [0.05, 0.1) is 5.92 Å². The monoisotopic (exact) mass is 222 g/mol. The molecule has 16 heavy (non-hydrogen) atoms. The van der Waals surface area contributed by atoms with Gasteiger partial charge in [0, 0.05) is 31.9 Å². The summed E-state index contributed by atoms with van der Waals surface area (Å²) in [6, 6.07) is 0. The minimum Gasteiger partial charge on any atom is -0.355 e. The first-order valence-corrected chi connectivity index (χ1v) is 5.83. The molecule has 0 aromatic carbocycles. The zero-order chi connectivity index (χ0) is 11.2. The Kier molecular flexibility index (Phi) is 3.93. The number of carbonyl (C=O) groups excluding carboxylic acids is 1. The van der Waals surface area contributed by atoms with Crippen molar-refractivity contribution >= 4 is 5.91 Å². The molecule has 0 bridgehead atoms. The summed E-state index contributed by atoms with van der Waals surface area (Å²) >= 11 is 0. The highest BCUT2D eigenvalue weighted by Gasteiger charge is 2.20. The van der Waals surface area contributed by atoms with Crippen LogP contribution in [-0.4, -0.2) is 35.5 Å². The van der Waals surface area contributed by atoms with Gasteiger partial charge in [-0.3, -0.25) is 4.79 Å². The highest BCUT2D eigenvalue weighted by Crippen LogP contribution is 2.09. The van der Waals surface area contributed by atoms with Gasteiger partial charge >= 0.3 is 0 Å². The van der Waals surface area contributed by atoms with Crippen LogP contribution < -0.4 is 10.6 Å². The van der Waals surface area contributed by atoms with Gasteiger partial charge in [0.2, 0.25) is 5.91 Å². The van der Waals surface area contributed by atoms with Crippen molar-refractivity contribution in [1.82, 2.24) is 20.6 Å². The quantitative estimate of drug-likeness (QED) is 0.675. The van der Waals surface area contributed by atoms with Crippen LogP contribution in [0.4, 0.5) is 0 Å². The normalized spacial score (nSPS) is 20.6. The number of hydrogen-bond acceptors (Lipinski definition) is 3. The van der Waals surface area contributed by atoms with Crippen molar-refractivity contribution < 1.29 is 4.79 Å². The molecular formula is C11H18N4O. The fraction of sp³-hybridized carbons (Fsp3) is 0.636. The van der Waals surface area contributed by atoms with E-state index in [1.54, 1.807) is 12.4 Å². The van der Waals surface area contributed by atoms with Crippen molar-refractivity contribution in [3.05, 3.63) is 18.2 Å². The lowest BCUT2D eigenvalue weighted by Crippen LogP contribution is -2.41. The lowest BCUT2D eigenvalue weighted by molar-refractivity contribution is -0.125. The van der Waals surface area contributed by atoms with Gasteiger partial charge in [-0.25, -0.2) is 4.98 Å². The lowest BCUT2D eigenvalue weighted by atomic mass is 9.99. The number of aromatic nitrogens is 2. The third-order valence-corrected chi connectivity index (χ3v) is 2.88. The standard InChI is InChI=1S/C11H18N4O/c16-11(9-2-1-4-12-8-9)15-5-3-10-13-6-7-14-10/h6-7,9,12H,1-5,8H2,(H,13,14)(H,15,16). The molecule has 0 aliphatic carbocycles. The molecule has 1 unspecified atom stereocenters. The van der Waals surface area contributed by atoms with Crippen LogP contribution in [0.5, 0.6) is 0 Å². The fourth-order valence-corrected chi connectivity index (χ4v) is 1.96. The van der Waals surface area contributed by atoms with E-state index in [0.717, 1.165) is 38.2 Å². The predicted octanol–water partition coefficient (Wildman–Crippen LogP) is 0.0680. The Hall–Kier alpha value is -1.36. The first-order chi connectivity index (χ1) is 7.86. The third-order valence-electron chi connectivity index (χ3n) is 2.88. The second-order valence-corrected chi connectivity index (χ2v) is 4.12. The Morgan fingerprint density at radius 1 is 1.62 bits per heavy atom. The zero-order valence-corrected chi connectivity index (χ0v) is 9.33. The molecule has 1 atom stereocenters. The molecule has 1 aromatic rings. The summed E-state index contributed by atoms with van der Waals surface area (Å²) in [7, 11) is 0. The van der Waals surface area contributed by atoms with Gasteiger partial charge in [-0.2, -0.15) is 0 Å². The second-order valence-electron chi connectivity index (χ2n) is 4.12. The second kappa shape index (κ2) is 5.65. The summed E-state index contributed by atoms with van der Waals surface area (Å²) in [5.41, 5.74) is 0. The van der Waals surface area contributed by atoms with Gasteiger partial charge in [0.1, 0.15) is 5.82 Å². The molecule has 3 N–H and O–H groups in total. The van der Waals surface area contributed by atoms with Crippen LogP contribution >= 0.6 is 0 Å². The number of nitrogens with zero attached hydrogens (tertiary/aromatic N) is 1. The van der Waals surface area contributed by atoms with E-state index in [0.29, 0.717) is 6.54 Å². The fourth-order valence-electron chi connectivity index (χ4n) is 1.96. The Balaban J connectivity index is 1.67. The number of hydrogen-bond donors (Lipinski definition) is 3. The highest BCUT2D eigenvalue weighted by molar-refractivity contribution is 5.78. The largest absolute Gasteiger partial charge is 0.355 e. The molecule has 1 aliphatic heterocycles. The number of imidazole rings is 1. The maximum absolute atomic E-state index is 11.7. The van der Waals surface area contributed by atoms with Gasteiger partial charge in [-0.1, -0.05) is 0 Å². The molecule has 1 aromatic heterocycles. The number of piperidine rings is 1. The van der Waals surface area contributed by atoms with Gasteiger partial charge < -0.3 is 15.6 Å². The number of aromatic amines is 1. The lowest BCUT2D eigenvalue weighted by Gasteiger charge is -2.21. The van der Waals surface area contributed by atoms with E-state index in [-0.39, 0.29) is 11.8 Å². The zero-order valence-electron chi connectivity index (χ0n) is 9.33. The molecule has 2 heterocycles. The molecule has 0 spiro atoms. The molecular weight excluding hydrogens is 204 g/mol. The van der Waals surface area contributed by atoms with E-state index in [4.69, 9.17) is 0 Å². The van der Waals surface area contributed by atoms with Crippen molar-refractivity contribution in [3.8, 4) is 0 Å². The molecule has 1 amide bonds. The molecule has 0 saturated carbocycles. The predicted molar refractivity (Wildman–Crippen MR) is 60.9 cm³/mol. The van der Waals surface area contributed by atoms with E-state index in [1.165, 1.54) is 0 Å². The van der Waals surface area contributed by atoms with Crippen molar-refractivity contribution in [3.63, 3.8) is 0 Å². The summed E-state index contributed by atoms with van der Waals surface area (Å²) in [6.07, 6.45) is 6.37. The minimum atomic E-state index is 0.144.